The van der Waals surface area contributed by atoms with E-state index in [1.165, 1.54) is 12.0 Å². The van der Waals surface area contributed by atoms with Gasteiger partial charge in [0.25, 0.3) is 0 Å². The monoisotopic (exact) mass is 321 g/mol. The molecule has 0 radical (unpaired) electrons. The quantitative estimate of drug-likeness (QED) is 0.808. The van der Waals surface area contributed by atoms with E-state index in [0.29, 0.717) is 12.5 Å². The Bertz CT molecular complexity index is 755. The summed E-state index contributed by atoms with van der Waals surface area (Å²) >= 11 is 0. The SMILES string of the molecule is CC1CC1c1ccc(C=CC(=O)NCC2(c3ccccc3)CC2)o1. The Kier molecular flexibility index (Phi) is 3.79. The van der Waals surface area contributed by atoms with Crippen molar-refractivity contribution in [1.29, 1.82) is 0 Å². The van der Waals surface area contributed by atoms with Crippen LogP contribution in [-0.4, -0.2) is 12.5 Å². The molecule has 2 unspecified atom stereocenters. The van der Waals surface area contributed by atoms with E-state index in [1.807, 2.05) is 18.2 Å². The highest BCUT2D eigenvalue weighted by Crippen LogP contribution is 2.48. The zero-order valence-corrected chi connectivity index (χ0v) is 14.0. The van der Waals surface area contributed by atoms with E-state index in [4.69, 9.17) is 4.42 Å². The molecule has 3 nitrogen and oxygen atoms in total. The minimum absolute atomic E-state index is 0.0602. The first-order valence-corrected chi connectivity index (χ1v) is 8.77. The van der Waals surface area contributed by atoms with Crippen molar-refractivity contribution < 1.29 is 9.21 Å². The van der Waals surface area contributed by atoms with Crippen LogP contribution in [0.15, 0.2) is 53.0 Å². The standard InChI is InChI=1S/C21H23NO2/c1-15-13-18(15)19-9-7-17(24-19)8-10-20(23)22-14-21(11-12-21)16-5-3-2-4-6-16/h2-10,15,18H,11-14H2,1H3,(H,22,23). The van der Waals surface area contributed by atoms with Gasteiger partial charge in [-0.2, -0.15) is 0 Å². The molecule has 2 aliphatic carbocycles. The lowest BCUT2D eigenvalue weighted by molar-refractivity contribution is -0.116. The first-order valence-electron chi connectivity index (χ1n) is 8.77. The zero-order chi connectivity index (χ0) is 16.6. The molecule has 1 amide bonds. The molecule has 2 saturated carbocycles. The van der Waals surface area contributed by atoms with Crippen LogP contribution in [0.25, 0.3) is 6.08 Å². The molecule has 124 valence electrons. The number of rotatable bonds is 6. The van der Waals surface area contributed by atoms with E-state index < -0.39 is 0 Å². The van der Waals surface area contributed by atoms with Crippen LogP contribution in [0, 0.1) is 5.92 Å². The third-order valence-corrected chi connectivity index (χ3v) is 5.36. The second kappa shape index (κ2) is 5.97. The highest BCUT2D eigenvalue weighted by atomic mass is 16.3. The van der Waals surface area contributed by atoms with Crippen molar-refractivity contribution in [2.75, 3.05) is 6.54 Å². The first kappa shape index (κ1) is 15.3. The summed E-state index contributed by atoms with van der Waals surface area (Å²) in [6, 6.07) is 14.4. The Morgan fingerprint density at radius 1 is 1.25 bits per heavy atom. The van der Waals surface area contributed by atoms with E-state index in [0.717, 1.165) is 30.3 Å². The smallest absolute Gasteiger partial charge is 0.244 e. The van der Waals surface area contributed by atoms with Crippen LogP contribution in [-0.2, 0) is 10.2 Å². The lowest BCUT2D eigenvalue weighted by Gasteiger charge is -2.15. The summed E-state index contributed by atoms with van der Waals surface area (Å²) in [4.78, 5) is 12.1. The molecule has 0 bridgehead atoms. The fraction of sp³-hybridized carbons (Fsp3) is 0.381. The van der Waals surface area contributed by atoms with Crippen molar-refractivity contribution >= 4 is 12.0 Å². The number of carbonyl (C=O) groups is 1. The van der Waals surface area contributed by atoms with Crippen LogP contribution >= 0.6 is 0 Å². The van der Waals surface area contributed by atoms with Crippen LogP contribution in [0.3, 0.4) is 0 Å². The average molecular weight is 321 g/mol. The van der Waals surface area contributed by atoms with Gasteiger partial charge in [0.2, 0.25) is 5.91 Å². The molecule has 2 atom stereocenters. The van der Waals surface area contributed by atoms with Crippen molar-refractivity contribution in [3.8, 4) is 0 Å². The summed E-state index contributed by atoms with van der Waals surface area (Å²) in [5.74, 6) is 3.03. The number of furan rings is 1. The molecule has 2 aliphatic rings. The molecule has 1 aromatic heterocycles. The Labute approximate surface area is 142 Å². The predicted molar refractivity (Wildman–Crippen MR) is 94.6 cm³/mol. The van der Waals surface area contributed by atoms with Crippen molar-refractivity contribution in [3.05, 3.63) is 65.6 Å². The van der Waals surface area contributed by atoms with Crippen LogP contribution < -0.4 is 5.32 Å². The summed E-state index contributed by atoms with van der Waals surface area (Å²) in [5, 5.41) is 3.04. The molecule has 3 heteroatoms. The van der Waals surface area contributed by atoms with Gasteiger partial charge in [0.05, 0.1) is 0 Å². The van der Waals surface area contributed by atoms with Gasteiger partial charge in [0.1, 0.15) is 11.5 Å². The lowest BCUT2D eigenvalue weighted by atomic mass is 9.96. The molecule has 0 aliphatic heterocycles. The molecular formula is C21H23NO2. The summed E-state index contributed by atoms with van der Waals surface area (Å²) < 4.78 is 5.79. The van der Waals surface area contributed by atoms with Gasteiger partial charge in [-0.1, -0.05) is 37.3 Å². The molecule has 2 fully saturated rings. The summed E-state index contributed by atoms with van der Waals surface area (Å²) in [6.45, 7) is 2.93. The number of hydrogen-bond acceptors (Lipinski definition) is 2. The molecule has 1 heterocycles. The van der Waals surface area contributed by atoms with Gasteiger partial charge in [0, 0.05) is 24.0 Å². The maximum Gasteiger partial charge on any atom is 0.244 e. The van der Waals surface area contributed by atoms with Crippen LogP contribution in [0.2, 0.25) is 0 Å². The highest BCUT2D eigenvalue weighted by Gasteiger charge is 2.44. The van der Waals surface area contributed by atoms with Gasteiger partial charge in [-0.3, -0.25) is 4.79 Å². The molecule has 1 N–H and O–H groups in total. The summed E-state index contributed by atoms with van der Waals surface area (Å²) in [5.41, 5.74) is 1.47. The van der Waals surface area contributed by atoms with Gasteiger partial charge in [-0.25, -0.2) is 0 Å². The van der Waals surface area contributed by atoms with E-state index in [1.54, 1.807) is 12.2 Å². The van der Waals surface area contributed by atoms with E-state index in [2.05, 4.69) is 36.5 Å². The second-order valence-electron chi connectivity index (χ2n) is 7.26. The van der Waals surface area contributed by atoms with E-state index in [-0.39, 0.29) is 11.3 Å². The summed E-state index contributed by atoms with van der Waals surface area (Å²) in [7, 11) is 0. The maximum atomic E-state index is 12.1. The third-order valence-electron chi connectivity index (χ3n) is 5.36. The van der Waals surface area contributed by atoms with Crippen molar-refractivity contribution in [2.24, 2.45) is 5.92 Å². The fourth-order valence-corrected chi connectivity index (χ4v) is 3.36. The Balaban J connectivity index is 1.31. The van der Waals surface area contributed by atoms with E-state index in [9.17, 15) is 4.79 Å². The van der Waals surface area contributed by atoms with Gasteiger partial charge >= 0.3 is 0 Å². The van der Waals surface area contributed by atoms with Gasteiger partial charge in [-0.05, 0) is 49.0 Å². The Morgan fingerprint density at radius 3 is 2.67 bits per heavy atom. The zero-order valence-electron chi connectivity index (χ0n) is 14.0. The Morgan fingerprint density at radius 2 is 2.00 bits per heavy atom. The molecule has 2 aromatic rings. The molecule has 4 rings (SSSR count). The second-order valence-corrected chi connectivity index (χ2v) is 7.26. The largest absolute Gasteiger partial charge is 0.461 e. The van der Waals surface area contributed by atoms with Crippen molar-refractivity contribution in [1.82, 2.24) is 5.32 Å². The molecule has 0 spiro atoms. The topological polar surface area (TPSA) is 42.2 Å². The van der Waals surface area contributed by atoms with Gasteiger partial charge < -0.3 is 9.73 Å². The van der Waals surface area contributed by atoms with Crippen LogP contribution in [0.4, 0.5) is 0 Å². The van der Waals surface area contributed by atoms with Gasteiger partial charge in [-0.15, -0.1) is 0 Å². The minimum atomic E-state index is -0.0602. The number of amides is 1. The third kappa shape index (κ3) is 3.16. The normalized spacial score (nSPS) is 24.0. The Hall–Kier alpha value is -2.29. The summed E-state index contributed by atoms with van der Waals surface area (Å²) in [6.07, 6.45) is 6.82. The number of nitrogens with one attached hydrogen (secondary N) is 1. The van der Waals surface area contributed by atoms with Crippen LogP contribution in [0.5, 0.6) is 0 Å². The van der Waals surface area contributed by atoms with Gasteiger partial charge in [0.15, 0.2) is 0 Å². The molecule has 24 heavy (non-hydrogen) atoms. The van der Waals surface area contributed by atoms with E-state index >= 15 is 0 Å². The average Bonchev–Trinajstić information content (AvgIpc) is 3.50. The minimum Gasteiger partial charge on any atom is -0.461 e. The molecule has 0 saturated heterocycles. The number of benzene rings is 1. The number of carbonyl (C=O) groups excluding carboxylic acids is 1. The van der Waals surface area contributed by atoms with Crippen molar-refractivity contribution in [2.45, 2.75) is 37.5 Å². The number of hydrogen-bond donors (Lipinski definition) is 1. The maximum absolute atomic E-state index is 12.1. The molecular weight excluding hydrogens is 298 g/mol. The highest BCUT2D eigenvalue weighted by molar-refractivity contribution is 5.91. The molecule has 1 aromatic carbocycles. The van der Waals surface area contributed by atoms with Crippen molar-refractivity contribution in [3.63, 3.8) is 0 Å². The van der Waals surface area contributed by atoms with Crippen LogP contribution in [0.1, 0.15) is 49.2 Å². The first-order chi connectivity index (χ1) is 11.7. The fourth-order valence-electron chi connectivity index (χ4n) is 3.36. The predicted octanol–water partition coefficient (Wildman–Crippen LogP) is 4.26. The lowest BCUT2D eigenvalue weighted by Crippen LogP contribution is -2.30.